The van der Waals surface area contributed by atoms with Gasteiger partial charge in [0.2, 0.25) is 0 Å². The van der Waals surface area contributed by atoms with E-state index in [1.807, 2.05) is 52.0 Å². The van der Waals surface area contributed by atoms with Gasteiger partial charge in [-0.2, -0.15) is 0 Å². The van der Waals surface area contributed by atoms with E-state index in [0.717, 1.165) is 11.1 Å². The Morgan fingerprint density at radius 1 is 0.974 bits per heavy atom. The number of aromatic hydroxyl groups is 1. The summed E-state index contributed by atoms with van der Waals surface area (Å²) in [5.41, 5.74) is 10.8. The number of nitrogens with one attached hydrogen (secondary N) is 1. The first-order valence-corrected chi connectivity index (χ1v) is 12.8. The largest absolute Gasteiger partial charge is 0.505 e. The third kappa shape index (κ3) is 4.77. The molecule has 4 N–H and O–H groups in total. The molecular formula is C30H33BN2O5. The number of ether oxygens (including phenoxy) is 1. The lowest BCUT2D eigenvalue weighted by Crippen LogP contribution is -2.41. The van der Waals surface area contributed by atoms with Crippen LogP contribution in [0.25, 0.3) is 17.2 Å². The first kappa shape index (κ1) is 25.9. The fourth-order valence-electron chi connectivity index (χ4n) is 4.92. The van der Waals surface area contributed by atoms with Crippen molar-refractivity contribution >= 4 is 25.0 Å². The number of hydrogen-bond acceptors (Lipinski definition) is 6. The Morgan fingerprint density at radius 2 is 1.55 bits per heavy atom. The van der Waals surface area contributed by atoms with E-state index in [0.29, 0.717) is 11.0 Å². The number of carbonyl (C=O) groups excluding carboxylic acids is 1. The van der Waals surface area contributed by atoms with Crippen molar-refractivity contribution in [3.8, 4) is 16.9 Å². The van der Waals surface area contributed by atoms with Gasteiger partial charge in [-0.3, -0.25) is 0 Å². The SMILES string of the molecule is CC1(C)OB(C(=Cc2cccc(N)c2O)CNC(=O)OCC2c3ccccc3-c3ccccc32)OC1(C)C. The van der Waals surface area contributed by atoms with E-state index < -0.39 is 24.4 Å². The number of fused-ring (bicyclic) bond motifs is 3. The lowest BCUT2D eigenvalue weighted by molar-refractivity contribution is 0.00578. The van der Waals surface area contributed by atoms with E-state index in [9.17, 15) is 9.90 Å². The highest BCUT2D eigenvalue weighted by molar-refractivity contribution is 6.56. The van der Waals surface area contributed by atoms with Crippen LogP contribution < -0.4 is 11.1 Å². The fourth-order valence-corrected chi connectivity index (χ4v) is 4.92. The van der Waals surface area contributed by atoms with Gasteiger partial charge in [0.25, 0.3) is 0 Å². The molecule has 3 aromatic carbocycles. The monoisotopic (exact) mass is 512 g/mol. The number of para-hydroxylation sites is 1. The van der Waals surface area contributed by atoms with Crippen molar-refractivity contribution in [2.24, 2.45) is 0 Å². The summed E-state index contributed by atoms with van der Waals surface area (Å²) in [4.78, 5) is 12.9. The zero-order valence-electron chi connectivity index (χ0n) is 22.2. The van der Waals surface area contributed by atoms with Crippen LogP contribution in [0, 0.1) is 0 Å². The average molecular weight is 512 g/mol. The number of anilines is 1. The number of amides is 1. The molecule has 0 bridgehead atoms. The summed E-state index contributed by atoms with van der Waals surface area (Å²) in [6.07, 6.45) is 1.18. The van der Waals surface area contributed by atoms with Gasteiger partial charge in [-0.05, 0) is 61.5 Å². The molecule has 1 aliphatic carbocycles. The number of phenols is 1. The standard InChI is InChI=1S/C30H33BN2O5/c1-29(2)30(3,4)38-31(37-29)20(16-19-10-9-15-26(32)27(19)34)17-33-28(35)36-18-25-23-13-7-5-11-21(23)22-12-6-8-14-24(22)25/h5-16,25,34H,17-18,32H2,1-4H3,(H,33,35). The molecule has 1 heterocycles. The maximum Gasteiger partial charge on any atom is 0.492 e. The van der Waals surface area contributed by atoms with Gasteiger partial charge < -0.3 is 30.2 Å². The van der Waals surface area contributed by atoms with Crippen LogP contribution >= 0.6 is 0 Å². The molecule has 0 unspecified atom stereocenters. The number of nitrogen functional groups attached to an aromatic ring is 1. The van der Waals surface area contributed by atoms with Crippen LogP contribution in [0.4, 0.5) is 10.5 Å². The summed E-state index contributed by atoms with van der Waals surface area (Å²) >= 11 is 0. The van der Waals surface area contributed by atoms with Crippen molar-refractivity contribution < 1.29 is 23.9 Å². The lowest BCUT2D eigenvalue weighted by atomic mass is 9.77. The van der Waals surface area contributed by atoms with Crippen LogP contribution in [-0.2, 0) is 14.0 Å². The van der Waals surface area contributed by atoms with Crippen molar-refractivity contribution in [3.63, 3.8) is 0 Å². The molecule has 1 saturated heterocycles. The number of carbonyl (C=O) groups is 1. The van der Waals surface area contributed by atoms with Crippen LogP contribution in [0.3, 0.4) is 0 Å². The van der Waals surface area contributed by atoms with E-state index in [1.165, 1.54) is 11.1 Å². The molecular weight excluding hydrogens is 479 g/mol. The Morgan fingerprint density at radius 3 is 2.16 bits per heavy atom. The zero-order valence-corrected chi connectivity index (χ0v) is 22.2. The third-order valence-electron chi connectivity index (χ3n) is 7.78. The molecule has 0 saturated carbocycles. The Labute approximate surface area is 223 Å². The predicted octanol–water partition coefficient (Wildman–Crippen LogP) is 5.53. The number of hydrogen-bond donors (Lipinski definition) is 3. The second-order valence-electron chi connectivity index (χ2n) is 10.8. The number of phenolic OH excluding ortho intramolecular Hbond substituents is 1. The van der Waals surface area contributed by atoms with Crippen molar-refractivity contribution in [3.05, 3.63) is 88.9 Å². The number of benzene rings is 3. The highest BCUT2D eigenvalue weighted by Crippen LogP contribution is 2.44. The molecule has 0 atom stereocenters. The van der Waals surface area contributed by atoms with Gasteiger partial charge in [-0.25, -0.2) is 4.79 Å². The Kier molecular flexibility index (Phi) is 6.71. The topological polar surface area (TPSA) is 103 Å². The number of alkyl carbamates (subject to hydrolysis) is 1. The fraction of sp³-hybridized carbons (Fsp3) is 0.300. The van der Waals surface area contributed by atoms with Crippen LogP contribution in [0.15, 0.2) is 72.2 Å². The molecule has 1 aliphatic heterocycles. The van der Waals surface area contributed by atoms with Crippen molar-refractivity contribution in [2.75, 3.05) is 18.9 Å². The molecule has 8 heteroatoms. The minimum Gasteiger partial charge on any atom is -0.505 e. The molecule has 2 aliphatic rings. The summed E-state index contributed by atoms with van der Waals surface area (Å²) in [7, 11) is -0.727. The van der Waals surface area contributed by atoms with Gasteiger partial charge in [0.05, 0.1) is 16.9 Å². The summed E-state index contributed by atoms with van der Waals surface area (Å²) in [5, 5.41) is 13.3. The molecule has 1 fully saturated rings. The predicted molar refractivity (Wildman–Crippen MR) is 150 cm³/mol. The van der Waals surface area contributed by atoms with E-state index in [1.54, 1.807) is 24.3 Å². The van der Waals surface area contributed by atoms with Gasteiger partial charge in [0.1, 0.15) is 12.4 Å². The van der Waals surface area contributed by atoms with Crippen molar-refractivity contribution in [2.45, 2.75) is 44.8 Å². The van der Waals surface area contributed by atoms with Crippen LogP contribution in [0.1, 0.15) is 50.3 Å². The van der Waals surface area contributed by atoms with E-state index >= 15 is 0 Å². The summed E-state index contributed by atoms with van der Waals surface area (Å²) in [6.45, 7) is 8.15. The van der Waals surface area contributed by atoms with Crippen LogP contribution in [0.5, 0.6) is 5.75 Å². The minimum atomic E-state index is -0.727. The highest BCUT2D eigenvalue weighted by Gasteiger charge is 2.52. The highest BCUT2D eigenvalue weighted by atomic mass is 16.7. The van der Waals surface area contributed by atoms with E-state index in [4.69, 9.17) is 19.8 Å². The molecule has 1 amide bonds. The zero-order chi connectivity index (χ0) is 27.1. The van der Waals surface area contributed by atoms with E-state index in [-0.39, 0.29) is 30.5 Å². The second kappa shape index (κ2) is 9.85. The van der Waals surface area contributed by atoms with Crippen molar-refractivity contribution in [1.29, 1.82) is 0 Å². The Bertz CT molecular complexity index is 1340. The molecule has 7 nitrogen and oxygen atoms in total. The third-order valence-corrected chi connectivity index (χ3v) is 7.78. The maximum atomic E-state index is 12.9. The van der Waals surface area contributed by atoms with Crippen molar-refractivity contribution in [1.82, 2.24) is 5.32 Å². The molecule has 0 radical (unpaired) electrons. The smallest absolute Gasteiger partial charge is 0.492 e. The number of nitrogens with two attached hydrogens (primary N) is 1. The molecule has 3 aromatic rings. The maximum absolute atomic E-state index is 12.9. The average Bonchev–Trinajstić information content (AvgIpc) is 3.32. The quantitative estimate of drug-likeness (QED) is 0.228. The lowest BCUT2D eigenvalue weighted by Gasteiger charge is -2.32. The normalized spacial score (nSPS) is 17.7. The second-order valence-corrected chi connectivity index (χ2v) is 10.8. The van der Waals surface area contributed by atoms with Gasteiger partial charge in [0.15, 0.2) is 0 Å². The van der Waals surface area contributed by atoms with Crippen LogP contribution in [0.2, 0.25) is 0 Å². The summed E-state index contributed by atoms with van der Waals surface area (Å²) in [6, 6.07) is 21.5. The summed E-state index contributed by atoms with van der Waals surface area (Å²) < 4.78 is 18.1. The molecule has 0 spiro atoms. The van der Waals surface area contributed by atoms with Gasteiger partial charge in [-0.1, -0.05) is 66.7 Å². The molecule has 196 valence electrons. The summed E-state index contributed by atoms with van der Waals surface area (Å²) in [5.74, 6) is -0.0711. The minimum absolute atomic E-state index is 0.0319. The Balaban J connectivity index is 1.31. The number of rotatable bonds is 6. The van der Waals surface area contributed by atoms with Gasteiger partial charge in [-0.15, -0.1) is 0 Å². The Hall–Kier alpha value is -3.75. The molecule has 5 rings (SSSR count). The van der Waals surface area contributed by atoms with Crippen LogP contribution in [-0.4, -0.2) is 42.7 Å². The first-order valence-electron chi connectivity index (χ1n) is 12.8. The molecule has 38 heavy (non-hydrogen) atoms. The van der Waals surface area contributed by atoms with E-state index in [2.05, 4.69) is 29.6 Å². The van der Waals surface area contributed by atoms with Gasteiger partial charge in [0, 0.05) is 18.0 Å². The first-order chi connectivity index (χ1) is 18.1. The van der Waals surface area contributed by atoms with Gasteiger partial charge >= 0.3 is 13.2 Å². The molecule has 0 aromatic heterocycles.